The fourth-order valence-electron chi connectivity index (χ4n) is 7.74. The van der Waals surface area contributed by atoms with Gasteiger partial charge >= 0.3 is 19.8 Å². The third kappa shape index (κ3) is 33.3. The second-order valence-corrected chi connectivity index (χ2v) is 19.4. The first-order chi connectivity index (χ1) is 31.9. The van der Waals surface area contributed by atoms with Gasteiger partial charge in [-0.3, -0.25) is 18.6 Å². The lowest BCUT2D eigenvalue weighted by Gasteiger charge is -2.41. The third-order valence-corrected chi connectivity index (χ3v) is 12.9. The SMILES string of the molecule is CCCCC/C=C\C/C=C\C/C=C\C/C=C\CCCCCC(=O)OC[C@H](COP(=O)(O)OC1C(O)C(O)C(O)[C@@H](O)C1O)OC(=O)CCCCCCCCCCCCCCCCCCCC. The van der Waals surface area contributed by atoms with E-state index in [4.69, 9.17) is 18.5 Å². The first-order valence-electron chi connectivity index (χ1n) is 25.9. The Morgan fingerprint density at radius 3 is 1.27 bits per heavy atom. The van der Waals surface area contributed by atoms with E-state index in [1.165, 1.54) is 103 Å². The molecule has 0 aromatic heterocycles. The maximum Gasteiger partial charge on any atom is 0.472 e. The van der Waals surface area contributed by atoms with Gasteiger partial charge in [-0.15, -0.1) is 0 Å². The summed E-state index contributed by atoms with van der Waals surface area (Å²) < 4.78 is 33.6. The van der Waals surface area contributed by atoms with E-state index < -0.39 is 75.7 Å². The van der Waals surface area contributed by atoms with Crippen LogP contribution in [0.15, 0.2) is 48.6 Å². The molecule has 384 valence electrons. The van der Waals surface area contributed by atoms with E-state index in [0.29, 0.717) is 12.8 Å². The smallest absolute Gasteiger partial charge is 0.462 e. The fourth-order valence-corrected chi connectivity index (χ4v) is 8.71. The lowest BCUT2D eigenvalue weighted by Crippen LogP contribution is -2.64. The van der Waals surface area contributed by atoms with Crippen LogP contribution in [0.3, 0.4) is 0 Å². The van der Waals surface area contributed by atoms with Crippen molar-refractivity contribution in [3.63, 3.8) is 0 Å². The van der Waals surface area contributed by atoms with Gasteiger partial charge in [-0.1, -0.05) is 191 Å². The molecule has 6 N–H and O–H groups in total. The van der Waals surface area contributed by atoms with Crippen LogP contribution in [0.1, 0.15) is 213 Å². The van der Waals surface area contributed by atoms with Crippen molar-refractivity contribution in [1.82, 2.24) is 0 Å². The molecule has 0 spiro atoms. The van der Waals surface area contributed by atoms with Crippen molar-refractivity contribution in [2.45, 2.75) is 256 Å². The highest BCUT2D eigenvalue weighted by molar-refractivity contribution is 7.47. The largest absolute Gasteiger partial charge is 0.472 e. The number of unbranched alkanes of at least 4 members (excludes halogenated alkanes) is 23. The highest BCUT2D eigenvalue weighted by Gasteiger charge is 2.51. The molecule has 1 rings (SSSR count). The lowest BCUT2D eigenvalue weighted by atomic mass is 9.85. The summed E-state index contributed by atoms with van der Waals surface area (Å²) in [5.41, 5.74) is 0. The Balaban J connectivity index is 2.42. The molecule has 8 atom stereocenters. The van der Waals surface area contributed by atoms with Gasteiger partial charge in [0.05, 0.1) is 6.61 Å². The van der Waals surface area contributed by atoms with Gasteiger partial charge in [0.15, 0.2) is 6.10 Å². The standard InChI is InChI=1S/C52H93O13P/c1-3-5-7-9-11-13-15-17-19-21-23-25-26-28-30-32-34-36-38-40-45(53)62-42-44(43-63-66(60,61)65-52-50(58)48(56)47(55)49(57)51(52)59)64-46(54)41-39-37-35-33-31-29-27-24-22-20-18-16-14-12-10-8-6-4-2/h11,13,17,19,23,25,28,30,44,47-52,55-59H,3-10,12,14-16,18,20-22,24,26-27,29,31-43H2,1-2H3,(H,60,61)/b13-11-,19-17-,25-23-,30-28-/t44-,47?,48-,49?,50?,51?,52?/m1/s1. The molecule has 14 heteroatoms. The van der Waals surface area contributed by atoms with Crippen LogP contribution >= 0.6 is 7.82 Å². The number of aliphatic hydroxyl groups excluding tert-OH is 5. The minimum atomic E-state index is -5.13. The van der Waals surface area contributed by atoms with Gasteiger partial charge in [0.25, 0.3) is 0 Å². The number of esters is 2. The quantitative estimate of drug-likeness (QED) is 0.0146. The summed E-state index contributed by atoms with van der Waals surface area (Å²) in [6, 6.07) is 0. The predicted molar refractivity (Wildman–Crippen MR) is 263 cm³/mol. The third-order valence-electron chi connectivity index (χ3n) is 11.9. The zero-order chi connectivity index (χ0) is 48.5. The molecule has 66 heavy (non-hydrogen) atoms. The lowest BCUT2D eigenvalue weighted by molar-refractivity contribution is -0.220. The van der Waals surface area contributed by atoms with E-state index in [-0.39, 0.29) is 12.8 Å². The van der Waals surface area contributed by atoms with Crippen LogP contribution in [0.25, 0.3) is 0 Å². The van der Waals surface area contributed by atoms with Crippen molar-refractivity contribution in [1.29, 1.82) is 0 Å². The van der Waals surface area contributed by atoms with E-state index in [0.717, 1.165) is 70.6 Å². The molecule has 0 aromatic carbocycles. The first-order valence-corrected chi connectivity index (χ1v) is 27.4. The molecule has 1 fully saturated rings. The van der Waals surface area contributed by atoms with E-state index in [9.17, 15) is 44.6 Å². The molecule has 1 aliphatic rings. The predicted octanol–water partition coefficient (Wildman–Crippen LogP) is 11.1. The van der Waals surface area contributed by atoms with Gasteiger partial charge in [-0.25, -0.2) is 4.57 Å². The fraction of sp³-hybridized carbons (Fsp3) is 0.808. The summed E-state index contributed by atoms with van der Waals surface area (Å²) in [7, 11) is -5.13. The minimum absolute atomic E-state index is 0.0917. The number of aliphatic hydroxyl groups is 5. The summed E-state index contributed by atoms with van der Waals surface area (Å²) in [5.74, 6) is -1.13. The minimum Gasteiger partial charge on any atom is -0.462 e. The highest BCUT2D eigenvalue weighted by Crippen LogP contribution is 2.47. The van der Waals surface area contributed by atoms with Crippen molar-refractivity contribution < 1.29 is 63.1 Å². The number of carbonyl (C=O) groups excluding carboxylic acids is 2. The maximum atomic E-state index is 12.9. The Kier molecular flexibility index (Phi) is 39.1. The van der Waals surface area contributed by atoms with Gasteiger partial charge in [-0.05, 0) is 57.8 Å². The Morgan fingerprint density at radius 1 is 0.470 bits per heavy atom. The Bertz CT molecular complexity index is 1340. The van der Waals surface area contributed by atoms with Gasteiger partial charge in [0.1, 0.15) is 43.2 Å². The zero-order valence-electron chi connectivity index (χ0n) is 41.0. The summed E-state index contributed by atoms with van der Waals surface area (Å²) >= 11 is 0. The van der Waals surface area contributed by atoms with Gasteiger partial charge in [-0.2, -0.15) is 0 Å². The molecular formula is C52H93O13P. The summed E-state index contributed by atoms with van der Waals surface area (Å²) in [5, 5.41) is 50.3. The number of ether oxygens (including phenoxy) is 2. The number of hydrogen-bond donors (Lipinski definition) is 6. The molecule has 0 aromatic rings. The van der Waals surface area contributed by atoms with Crippen LogP contribution in [-0.4, -0.2) is 98.3 Å². The molecular weight excluding hydrogens is 864 g/mol. The van der Waals surface area contributed by atoms with Crippen molar-refractivity contribution in [2.75, 3.05) is 13.2 Å². The molecule has 6 unspecified atom stereocenters. The molecule has 1 saturated carbocycles. The molecule has 0 amide bonds. The molecule has 0 saturated heterocycles. The number of hydrogen-bond acceptors (Lipinski definition) is 12. The second kappa shape index (κ2) is 41.8. The number of phosphoric ester groups is 1. The van der Waals surface area contributed by atoms with E-state index in [2.05, 4.69) is 62.5 Å². The average Bonchev–Trinajstić information content (AvgIpc) is 3.30. The molecule has 0 radical (unpaired) electrons. The van der Waals surface area contributed by atoms with Crippen LogP contribution < -0.4 is 0 Å². The number of carbonyl (C=O) groups is 2. The van der Waals surface area contributed by atoms with Crippen LogP contribution in [0.5, 0.6) is 0 Å². The van der Waals surface area contributed by atoms with Gasteiger partial charge in [0.2, 0.25) is 0 Å². The van der Waals surface area contributed by atoms with Crippen molar-refractivity contribution in [3.8, 4) is 0 Å². The summed E-state index contributed by atoms with van der Waals surface area (Å²) in [6.07, 6.45) is 37.2. The van der Waals surface area contributed by atoms with Crippen molar-refractivity contribution in [2.24, 2.45) is 0 Å². The summed E-state index contributed by atoms with van der Waals surface area (Å²) in [4.78, 5) is 35.8. The van der Waals surface area contributed by atoms with Crippen LogP contribution in [-0.2, 0) is 32.7 Å². The van der Waals surface area contributed by atoms with Gasteiger partial charge < -0.3 is 39.9 Å². The van der Waals surface area contributed by atoms with Crippen LogP contribution in [0.4, 0.5) is 0 Å². The van der Waals surface area contributed by atoms with Crippen LogP contribution in [0, 0.1) is 0 Å². The first kappa shape index (κ1) is 61.8. The van der Waals surface area contributed by atoms with E-state index >= 15 is 0 Å². The molecule has 1 aliphatic carbocycles. The van der Waals surface area contributed by atoms with E-state index in [1.54, 1.807) is 0 Å². The van der Waals surface area contributed by atoms with Gasteiger partial charge in [0, 0.05) is 12.8 Å². The number of rotatable bonds is 43. The Morgan fingerprint density at radius 2 is 0.818 bits per heavy atom. The second-order valence-electron chi connectivity index (χ2n) is 18.0. The molecule has 0 bridgehead atoms. The molecule has 13 nitrogen and oxygen atoms in total. The number of phosphoric acid groups is 1. The number of allylic oxidation sites excluding steroid dienone is 8. The maximum absolute atomic E-state index is 12.9. The molecule has 0 heterocycles. The molecule has 0 aliphatic heterocycles. The van der Waals surface area contributed by atoms with E-state index in [1.807, 2.05) is 0 Å². The highest BCUT2D eigenvalue weighted by atomic mass is 31.2. The Labute approximate surface area is 399 Å². The Hall–Kier alpha value is -2.19. The summed E-state index contributed by atoms with van der Waals surface area (Å²) in [6.45, 7) is 3.27. The average molecular weight is 957 g/mol. The normalized spacial score (nSPS) is 21.6. The topological polar surface area (TPSA) is 210 Å². The van der Waals surface area contributed by atoms with Crippen LogP contribution in [0.2, 0.25) is 0 Å². The van der Waals surface area contributed by atoms with Crippen molar-refractivity contribution >= 4 is 19.8 Å². The monoisotopic (exact) mass is 957 g/mol. The zero-order valence-corrected chi connectivity index (χ0v) is 41.9. The van der Waals surface area contributed by atoms with Crippen molar-refractivity contribution in [3.05, 3.63) is 48.6 Å².